The van der Waals surface area contributed by atoms with E-state index in [4.69, 9.17) is 4.74 Å². The number of para-hydroxylation sites is 1. The number of aryl methyl sites for hydroxylation is 1. The fourth-order valence-corrected chi connectivity index (χ4v) is 2.71. The highest BCUT2D eigenvalue weighted by atomic mass is 16.5. The van der Waals surface area contributed by atoms with Crippen LogP contribution in [0.3, 0.4) is 0 Å². The molecule has 1 aliphatic heterocycles. The van der Waals surface area contributed by atoms with Crippen LogP contribution in [0.4, 0.5) is 0 Å². The van der Waals surface area contributed by atoms with Crippen molar-refractivity contribution < 1.29 is 14.4 Å². The highest BCUT2D eigenvalue weighted by Gasteiger charge is 2.27. The molecule has 1 heterocycles. The second kappa shape index (κ2) is 7.46. The molecule has 0 bridgehead atoms. The van der Waals surface area contributed by atoms with Gasteiger partial charge in [0.2, 0.25) is 0 Å². The van der Waals surface area contributed by atoms with E-state index in [1.165, 1.54) is 4.90 Å². The van der Waals surface area contributed by atoms with Gasteiger partial charge in [-0.15, -0.1) is 0 Å². The molecule has 1 N–H and O–H groups in total. The summed E-state index contributed by atoms with van der Waals surface area (Å²) in [6.45, 7) is 7.86. The number of rotatable bonds is 4. The Labute approximate surface area is 127 Å². The molecule has 1 saturated heterocycles. The average molecular weight is 291 g/mol. The van der Waals surface area contributed by atoms with Crippen LogP contribution in [-0.2, 0) is 4.79 Å². The molecule has 0 aromatic heterocycles. The SMILES string of the molecule is CC[C@@H](Oc1ccccc1C)C(=O)N1CCC[NH+](C)CC1. The first-order chi connectivity index (χ1) is 10.1. The molecule has 0 saturated carbocycles. The van der Waals surface area contributed by atoms with Crippen molar-refractivity contribution in [3.05, 3.63) is 29.8 Å². The molecule has 1 aromatic rings. The van der Waals surface area contributed by atoms with Crippen molar-refractivity contribution in [2.45, 2.75) is 32.8 Å². The van der Waals surface area contributed by atoms with Crippen LogP contribution in [0, 0.1) is 6.92 Å². The molecule has 1 amide bonds. The number of nitrogens with zero attached hydrogens (tertiary/aromatic N) is 1. The van der Waals surface area contributed by atoms with E-state index in [2.05, 4.69) is 7.05 Å². The Hall–Kier alpha value is -1.55. The second-order valence-electron chi connectivity index (χ2n) is 5.92. The number of benzene rings is 1. The highest BCUT2D eigenvalue weighted by molar-refractivity contribution is 5.81. The van der Waals surface area contributed by atoms with E-state index in [1.54, 1.807) is 0 Å². The zero-order valence-corrected chi connectivity index (χ0v) is 13.4. The van der Waals surface area contributed by atoms with Gasteiger partial charge in [0.1, 0.15) is 5.75 Å². The quantitative estimate of drug-likeness (QED) is 0.894. The monoisotopic (exact) mass is 291 g/mol. The molecular weight excluding hydrogens is 264 g/mol. The summed E-state index contributed by atoms with van der Waals surface area (Å²) in [5.74, 6) is 0.950. The molecular formula is C17H27N2O2+. The summed E-state index contributed by atoms with van der Waals surface area (Å²) in [5.41, 5.74) is 1.07. The Kier molecular flexibility index (Phi) is 5.62. The van der Waals surface area contributed by atoms with Crippen molar-refractivity contribution in [3.8, 4) is 5.75 Å². The maximum absolute atomic E-state index is 12.7. The summed E-state index contributed by atoms with van der Waals surface area (Å²) in [6.07, 6.45) is 1.40. The van der Waals surface area contributed by atoms with Gasteiger partial charge in [-0.25, -0.2) is 0 Å². The molecule has 1 aromatic carbocycles. The van der Waals surface area contributed by atoms with E-state index in [0.717, 1.165) is 43.9 Å². The molecule has 1 aliphatic rings. The first-order valence-corrected chi connectivity index (χ1v) is 7.94. The molecule has 116 valence electrons. The number of likely N-dealkylation sites (N-methyl/N-ethyl adjacent to an activating group) is 1. The van der Waals surface area contributed by atoms with E-state index in [9.17, 15) is 4.79 Å². The van der Waals surface area contributed by atoms with Crippen LogP contribution in [0.2, 0.25) is 0 Å². The number of ether oxygens (including phenoxy) is 1. The summed E-state index contributed by atoms with van der Waals surface area (Å²) in [6, 6.07) is 7.88. The van der Waals surface area contributed by atoms with Crippen molar-refractivity contribution in [1.82, 2.24) is 4.90 Å². The van der Waals surface area contributed by atoms with E-state index < -0.39 is 0 Å². The van der Waals surface area contributed by atoms with Crippen LogP contribution in [0.5, 0.6) is 5.75 Å². The van der Waals surface area contributed by atoms with E-state index in [0.29, 0.717) is 6.42 Å². The van der Waals surface area contributed by atoms with Gasteiger partial charge in [0.15, 0.2) is 6.10 Å². The molecule has 0 spiro atoms. The number of carbonyl (C=O) groups excluding carboxylic acids is 1. The number of hydrogen-bond acceptors (Lipinski definition) is 2. The minimum absolute atomic E-state index is 0.135. The van der Waals surface area contributed by atoms with Crippen molar-refractivity contribution in [2.24, 2.45) is 0 Å². The summed E-state index contributed by atoms with van der Waals surface area (Å²) in [5, 5.41) is 0. The van der Waals surface area contributed by atoms with Gasteiger partial charge >= 0.3 is 0 Å². The zero-order valence-electron chi connectivity index (χ0n) is 13.4. The van der Waals surface area contributed by atoms with Crippen LogP contribution >= 0.6 is 0 Å². The molecule has 1 unspecified atom stereocenters. The highest BCUT2D eigenvalue weighted by Crippen LogP contribution is 2.19. The third-order valence-electron chi connectivity index (χ3n) is 4.16. The summed E-state index contributed by atoms with van der Waals surface area (Å²) < 4.78 is 5.98. The van der Waals surface area contributed by atoms with E-state index in [-0.39, 0.29) is 12.0 Å². The topological polar surface area (TPSA) is 34.0 Å². The van der Waals surface area contributed by atoms with Gasteiger partial charge in [-0.3, -0.25) is 4.79 Å². The predicted octanol–water partition coefficient (Wildman–Crippen LogP) is 0.899. The molecule has 4 nitrogen and oxygen atoms in total. The van der Waals surface area contributed by atoms with Crippen molar-refractivity contribution >= 4 is 5.91 Å². The van der Waals surface area contributed by atoms with E-state index >= 15 is 0 Å². The van der Waals surface area contributed by atoms with Gasteiger partial charge in [0.05, 0.1) is 26.7 Å². The molecule has 0 radical (unpaired) electrons. The smallest absolute Gasteiger partial charge is 0.263 e. The van der Waals surface area contributed by atoms with Gasteiger partial charge in [-0.2, -0.15) is 0 Å². The van der Waals surface area contributed by atoms with Gasteiger partial charge in [0.25, 0.3) is 5.91 Å². The van der Waals surface area contributed by atoms with Crippen LogP contribution in [0.25, 0.3) is 0 Å². The minimum atomic E-state index is -0.371. The molecule has 21 heavy (non-hydrogen) atoms. The zero-order chi connectivity index (χ0) is 15.2. The first-order valence-electron chi connectivity index (χ1n) is 7.94. The Morgan fingerprint density at radius 1 is 1.33 bits per heavy atom. The maximum atomic E-state index is 12.7. The lowest BCUT2D eigenvalue weighted by atomic mass is 10.2. The number of carbonyl (C=O) groups is 1. The second-order valence-corrected chi connectivity index (χ2v) is 5.92. The standard InChI is InChI=1S/C17H26N2O2/c1-4-15(21-16-9-6-5-8-14(16)2)17(20)19-11-7-10-18(3)12-13-19/h5-6,8-9,15H,4,7,10-13H2,1-3H3/p+1/t15-/m1/s1. The Balaban J connectivity index is 2.03. The molecule has 2 atom stereocenters. The fraction of sp³-hybridized carbons (Fsp3) is 0.588. The molecule has 4 heteroatoms. The minimum Gasteiger partial charge on any atom is -0.480 e. The third-order valence-corrected chi connectivity index (χ3v) is 4.16. The van der Waals surface area contributed by atoms with Crippen molar-refractivity contribution in [2.75, 3.05) is 33.2 Å². The Bertz CT molecular complexity index is 476. The molecule has 0 aliphatic carbocycles. The lowest BCUT2D eigenvalue weighted by molar-refractivity contribution is -0.877. The lowest BCUT2D eigenvalue weighted by Crippen LogP contribution is -3.09. The normalized spacial score (nSPS) is 20.7. The lowest BCUT2D eigenvalue weighted by Gasteiger charge is -2.25. The van der Waals surface area contributed by atoms with Gasteiger partial charge < -0.3 is 14.5 Å². The largest absolute Gasteiger partial charge is 0.480 e. The predicted molar refractivity (Wildman–Crippen MR) is 83.7 cm³/mol. The van der Waals surface area contributed by atoms with Gasteiger partial charge in [-0.05, 0) is 25.0 Å². The summed E-state index contributed by atoms with van der Waals surface area (Å²) in [7, 11) is 2.19. The molecule has 1 fully saturated rings. The van der Waals surface area contributed by atoms with Crippen molar-refractivity contribution in [1.29, 1.82) is 0 Å². The average Bonchev–Trinajstić information content (AvgIpc) is 2.70. The summed E-state index contributed by atoms with van der Waals surface area (Å²) in [4.78, 5) is 16.2. The number of quaternary nitrogens is 1. The fourth-order valence-electron chi connectivity index (χ4n) is 2.71. The Morgan fingerprint density at radius 3 is 2.81 bits per heavy atom. The van der Waals surface area contributed by atoms with Gasteiger partial charge in [0, 0.05) is 13.0 Å². The van der Waals surface area contributed by atoms with Crippen LogP contribution in [0.1, 0.15) is 25.3 Å². The van der Waals surface area contributed by atoms with Crippen LogP contribution in [-0.4, -0.2) is 50.1 Å². The van der Waals surface area contributed by atoms with Crippen LogP contribution in [0.15, 0.2) is 24.3 Å². The number of nitrogens with one attached hydrogen (secondary N) is 1. The Morgan fingerprint density at radius 2 is 2.10 bits per heavy atom. The number of amides is 1. The third kappa shape index (κ3) is 4.21. The first kappa shape index (κ1) is 15.8. The van der Waals surface area contributed by atoms with Crippen LogP contribution < -0.4 is 9.64 Å². The maximum Gasteiger partial charge on any atom is 0.263 e. The van der Waals surface area contributed by atoms with Gasteiger partial charge in [-0.1, -0.05) is 25.1 Å². The van der Waals surface area contributed by atoms with Crippen molar-refractivity contribution in [3.63, 3.8) is 0 Å². The van der Waals surface area contributed by atoms with E-state index in [1.807, 2.05) is 43.0 Å². The summed E-state index contributed by atoms with van der Waals surface area (Å²) >= 11 is 0. The molecule has 2 rings (SSSR count). The number of hydrogen-bond donors (Lipinski definition) is 1.